The first kappa shape index (κ1) is 10.0. The average Bonchev–Trinajstić information content (AvgIpc) is 1.82. The Balaban J connectivity index is 2.45. The molecule has 0 spiro atoms. The van der Waals surface area contributed by atoms with Crippen molar-refractivity contribution in [1.82, 2.24) is 5.32 Å². The fraction of sp³-hybridized carbons (Fsp3) is 1.00. The topological polar surface area (TPSA) is 12.0 Å². The maximum Gasteiger partial charge on any atom is 0.000548 e. The summed E-state index contributed by atoms with van der Waals surface area (Å²) in [7, 11) is 0. The fourth-order valence-corrected chi connectivity index (χ4v) is 2.75. The van der Waals surface area contributed by atoms with Gasteiger partial charge in [0.1, 0.15) is 0 Å². The second-order valence-corrected chi connectivity index (χ2v) is 5.35. The zero-order valence-corrected chi connectivity index (χ0v) is 8.98. The van der Waals surface area contributed by atoms with Crippen LogP contribution in [0.1, 0.15) is 40.5 Å². The summed E-state index contributed by atoms with van der Waals surface area (Å²) in [5, 5.41) is 3.53. The van der Waals surface area contributed by atoms with Crippen LogP contribution in [0.25, 0.3) is 0 Å². The molecule has 1 aliphatic heterocycles. The zero-order valence-electron chi connectivity index (χ0n) is 8.98. The number of hydrogen-bond donors (Lipinski definition) is 1. The van der Waals surface area contributed by atoms with Crippen LogP contribution in [-0.2, 0) is 0 Å². The summed E-state index contributed by atoms with van der Waals surface area (Å²) < 4.78 is 0. The van der Waals surface area contributed by atoms with Gasteiger partial charge in [0.25, 0.3) is 0 Å². The Kier molecular flexibility index (Phi) is 3.16. The van der Waals surface area contributed by atoms with E-state index >= 15 is 0 Å². The molecule has 12 heavy (non-hydrogen) atoms. The first-order chi connectivity index (χ1) is 5.52. The van der Waals surface area contributed by atoms with Crippen LogP contribution >= 0.6 is 0 Å². The second-order valence-electron chi connectivity index (χ2n) is 5.35. The van der Waals surface area contributed by atoms with E-state index in [0.29, 0.717) is 5.41 Å². The molecule has 72 valence electrons. The van der Waals surface area contributed by atoms with E-state index < -0.39 is 0 Å². The van der Waals surface area contributed by atoms with Crippen LogP contribution in [0, 0.1) is 17.3 Å². The minimum absolute atomic E-state index is 0.561. The Morgan fingerprint density at radius 3 is 2.67 bits per heavy atom. The molecular weight excluding hydrogens is 146 g/mol. The normalized spacial score (nSPS) is 37.2. The first-order valence-electron chi connectivity index (χ1n) is 5.22. The molecule has 0 bridgehead atoms. The molecule has 1 rings (SSSR count). The van der Waals surface area contributed by atoms with Crippen molar-refractivity contribution < 1.29 is 0 Å². The van der Waals surface area contributed by atoms with Crippen molar-refractivity contribution in [3.63, 3.8) is 0 Å². The smallest absolute Gasteiger partial charge is 0.000548 e. The van der Waals surface area contributed by atoms with E-state index in [1.54, 1.807) is 0 Å². The average molecular weight is 169 g/mol. The third-order valence-electron chi connectivity index (χ3n) is 2.79. The van der Waals surface area contributed by atoms with E-state index in [-0.39, 0.29) is 0 Å². The van der Waals surface area contributed by atoms with E-state index in [1.165, 1.54) is 25.9 Å². The Morgan fingerprint density at radius 1 is 1.50 bits per heavy atom. The molecular formula is C11H23N. The Labute approximate surface area is 76.9 Å². The van der Waals surface area contributed by atoms with Crippen LogP contribution < -0.4 is 5.32 Å². The molecule has 1 N–H and O–H groups in total. The van der Waals surface area contributed by atoms with Crippen LogP contribution in [0.3, 0.4) is 0 Å². The second kappa shape index (κ2) is 3.78. The number of hydrogen-bond acceptors (Lipinski definition) is 1. The molecule has 0 aromatic carbocycles. The summed E-state index contributed by atoms with van der Waals surface area (Å²) in [5.74, 6) is 1.70. The van der Waals surface area contributed by atoms with Gasteiger partial charge in [0, 0.05) is 6.54 Å². The van der Waals surface area contributed by atoms with Gasteiger partial charge in [-0.2, -0.15) is 0 Å². The summed E-state index contributed by atoms with van der Waals surface area (Å²) in [6, 6.07) is 0. The lowest BCUT2D eigenvalue weighted by Gasteiger charge is -2.38. The number of rotatable bonds is 2. The van der Waals surface area contributed by atoms with Crippen molar-refractivity contribution in [3.8, 4) is 0 Å². The highest BCUT2D eigenvalue weighted by Crippen LogP contribution is 2.34. The van der Waals surface area contributed by atoms with Crippen molar-refractivity contribution in [2.45, 2.75) is 40.5 Å². The van der Waals surface area contributed by atoms with Crippen LogP contribution in [0.15, 0.2) is 0 Å². The third-order valence-corrected chi connectivity index (χ3v) is 2.79. The quantitative estimate of drug-likeness (QED) is 0.670. The molecule has 0 saturated carbocycles. The lowest BCUT2D eigenvalue weighted by Crippen LogP contribution is -2.42. The van der Waals surface area contributed by atoms with E-state index in [1.807, 2.05) is 0 Å². The minimum atomic E-state index is 0.561. The highest BCUT2D eigenvalue weighted by molar-refractivity contribution is 4.84. The van der Waals surface area contributed by atoms with Gasteiger partial charge in [-0.25, -0.2) is 0 Å². The van der Waals surface area contributed by atoms with Gasteiger partial charge in [-0.05, 0) is 36.6 Å². The molecule has 0 aliphatic carbocycles. The molecule has 1 heteroatoms. The lowest BCUT2D eigenvalue weighted by molar-refractivity contribution is 0.155. The maximum atomic E-state index is 3.53. The summed E-state index contributed by atoms with van der Waals surface area (Å²) in [6.45, 7) is 11.9. The van der Waals surface area contributed by atoms with Crippen LogP contribution in [0.5, 0.6) is 0 Å². The maximum absolute atomic E-state index is 3.53. The van der Waals surface area contributed by atoms with Crippen molar-refractivity contribution in [2.24, 2.45) is 17.3 Å². The monoisotopic (exact) mass is 169 g/mol. The highest BCUT2D eigenvalue weighted by Gasteiger charge is 2.30. The van der Waals surface area contributed by atoms with Gasteiger partial charge in [-0.3, -0.25) is 0 Å². The third kappa shape index (κ3) is 2.78. The van der Waals surface area contributed by atoms with Gasteiger partial charge in [0.2, 0.25) is 0 Å². The van der Waals surface area contributed by atoms with Gasteiger partial charge >= 0.3 is 0 Å². The predicted molar refractivity (Wildman–Crippen MR) is 54.2 cm³/mol. The van der Waals surface area contributed by atoms with Crippen molar-refractivity contribution in [1.29, 1.82) is 0 Å². The summed E-state index contributed by atoms with van der Waals surface area (Å²) >= 11 is 0. The molecule has 1 heterocycles. The van der Waals surface area contributed by atoms with Gasteiger partial charge in [-0.15, -0.1) is 0 Å². The summed E-state index contributed by atoms with van der Waals surface area (Å²) in [5.41, 5.74) is 0.561. The lowest BCUT2D eigenvalue weighted by atomic mass is 9.73. The van der Waals surface area contributed by atoms with Crippen LogP contribution in [-0.4, -0.2) is 13.1 Å². The highest BCUT2D eigenvalue weighted by atomic mass is 14.9. The molecule has 2 unspecified atom stereocenters. The van der Waals surface area contributed by atoms with Crippen molar-refractivity contribution in [3.05, 3.63) is 0 Å². The molecule has 1 aliphatic rings. The van der Waals surface area contributed by atoms with E-state index in [4.69, 9.17) is 0 Å². The van der Waals surface area contributed by atoms with Gasteiger partial charge in [0.15, 0.2) is 0 Å². The minimum Gasteiger partial charge on any atom is -0.316 e. The Bertz CT molecular complexity index is 138. The van der Waals surface area contributed by atoms with E-state index in [9.17, 15) is 0 Å². The Hall–Kier alpha value is -0.0400. The van der Waals surface area contributed by atoms with Gasteiger partial charge in [0.05, 0.1) is 0 Å². The van der Waals surface area contributed by atoms with Crippen LogP contribution in [0.2, 0.25) is 0 Å². The molecule has 0 aromatic heterocycles. The number of nitrogens with one attached hydrogen (secondary N) is 1. The zero-order chi connectivity index (χ0) is 9.19. The van der Waals surface area contributed by atoms with Gasteiger partial charge in [-0.1, -0.05) is 27.7 Å². The van der Waals surface area contributed by atoms with Gasteiger partial charge < -0.3 is 5.32 Å². The fourth-order valence-electron chi connectivity index (χ4n) is 2.75. The molecule has 1 nitrogen and oxygen atoms in total. The number of piperidine rings is 1. The summed E-state index contributed by atoms with van der Waals surface area (Å²) in [4.78, 5) is 0. The summed E-state index contributed by atoms with van der Waals surface area (Å²) in [6.07, 6.45) is 2.77. The van der Waals surface area contributed by atoms with E-state index in [0.717, 1.165) is 11.8 Å². The molecule has 0 radical (unpaired) electrons. The first-order valence-corrected chi connectivity index (χ1v) is 5.22. The SMILES string of the molecule is CC(C)CC1(C)CNCC(C)C1. The molecule has 0 aromatic rings. The standard InChI is InChI=1S/C11H23N/c1-9(2)5-11(4)6-10(3)7-12-8-11/h9-10,12H,5-8H2,1-4H3. The predicted octanol–water partition coefficient (Wildman–Crippen LogP) is 2.67. The van der Waals surface area contributed by atoms with Crippen molar-refractivity contribution >= 4 is 0 Å². The molecule has 1 saturated heterocycles. The Morgan fingerprint density at radius 2 is 2.17 bits per heavy atom. The van der Waals surface area contributed by atoms with E-state index in [2.05, 4.69) is 33.0 Å². The largest absolute Gasteiger partial charge is 0.316 e. The van der Waals surface area contributed by atoms with Crippen molar-refractivity contribution in [2.75, 3.05) is 13.1 Å². The molecule has 2 atom stereocenters. The van der Waals surface area contributed by atoms with Crippen LogP contribution in [0.4, 0.5) is 0 Å². The molecule has 0 amide bonds. The molecule has 1 fully saturated rings.